The molecular weight excluding hydrogens is 423 g/mol. The Morgan fingerprint density at radius 1 is 1.09 bits per heavy atom. The maximum Gasteiger partial charge on any atom is 0.242 e. The van der Waals surface area contributed by atoms with Crippen LogP contribution in [-0.2, 0) is 21.9 Å². The smallest absolute Gasteiger partial charge is 0.242 e. The molecule has 1 aliphatic rings. The highest BCUT2D eigenvalue weighted by Gasteiger charge is 2.28. The Labute approximate surface area is 195 Å². The van der Waals surface area contributed by atoms with Crippen LogP contribution in [0.5, 0.6) is 0 Å². The van der Waals surface area contributed by atoms with Gasteiger partial charge >= 0.3 is 0 Å². The zero-order valence-corrected chi connectivity index (χ0v) is 19.8. The molecule has 32 heavy (non-hydrogen) atoms. The minimum atomic E-state index is -0.663. The Kier molecular flexibility index (Phi) is 9.15. The standard InChI is InChI=1S/C26H33FN2O2S/c1-19-12-14-21(15-13-19)17-32-18-25(30)29(16-22-8-6-7-11-24(22)27)20(2)26(31)28-23-9-4-3-5-10-23/h6-8,11-15,20,23H,3-5,9-10,16-18H2,1-2H3,(H,28,31)/t20-/m0/s1. The van der Waals surface area contributed by atoms with Crippen molar-refractivity contribution >= 4 is 23.6 Å². The first-order chi connectivity index (χ1) is 15.4. The van der Waals surface area contributed by atoms with E-state index in [1.165, 1.54) is 34.7 Å². The van der Waals surface area contributed by atoms with Crippen molar-refractivity contribution in [2.75, 3.05) is 5.75 Å². The van der Waals surface area contributed by atoms with Gasteiger partial charge in [0, 0.05) is 23.9 Å². The summed E-state index contributed by atoms with van der Waals surface area (Å²) < 4.78 is 14.3. The number of thioether (sulfide) groups is 1. The predicted molar refractivity (Wildman–Crippen MR) is 129 cm³/mol. The van der Waals surface area contributed by atoms with Gasteiger partial charge in [-0.05, 0) is 38.3 Å². The van der Waals surface area contributed by atoms with Gasteiger partial charge in [-0.3, -0.25) is 9.59 Å². The molecule has 0 bridgehead atoms. The summed E-state index contributed by atoms with van der Waals surface area (Å²) in [5.74, 6) is 0.269. The molecule has 2 aromatic carbocycles. The van der Waals surface area contributed by atoms with Gasteiger partial charge in [0.2, 0.25) is 11.8 Å². The number of amides is 2. The molecular formula is C26H33FN2O2S. The van der Waals surface area contributed by atoms with Crippen LogP contribution in [0.2, 0.25) is 0 Å². The van der Waals surface area contributed by atoms with Crippen molar-refractivity contribution in [3.8, 4) is 0 Å². The van der Waals surface area contributed by atoms with Crippen molar-refractivity contribution in [2.24, 2.45) is 0 Å². The van der Waals surface area contributed by atoms with Crippen molar-refractivity contribution in [3.05, 3.63) is 71.0 Å². The number of benzene rings is 2. The quantitative estimate of drug-likeness (QED) is 0.562. The number of carbonyl (C=O) groups is 2. The molecule has 1 saturated carbocycles. The Balaban J connectivity index is 1.65. The third-order valence-corrected chi connectivity index (χ3v) is 7.02. The summed E-state index contributed by atoms with van der Waals surface area (Å²) in [6.45, 7) is 3.86. The highest BCUT2D eigenvalue weighted by molar-refractivity contribution is 7.99. The van der Waals surface area contributed by atoms with Crippen molar-refractivity contribution in [1.82, 2.24) is 10.2 Å². The van der Waals surface area contributed by atoms with E-state index in [9.17, 15) is 14.0 Å². The van der Waals surface area contributed by atoms with Crippen molar-refractivity contribution in [3.63, 3.8) is 0 Å². The Bertz CT molecular complexity index is 897. The number of nitrogens with zero attached hydrogens (tertiary/aromatic N) is 1. The number of hydrogen-bond acceptors (Lipinski definition) is 3. The van der Waals surface area contributed by atoms with Crippen LogP contribution in [-0.4, -0.2) is 34.6 Å². The second kappa shape index (κ2) is 12.0. The Morgan fingerprint density at radius 3 is 2.47 bits per heavy atom. The minimum Gasteiger partial charge on any atom is -0.352 e. The highest BCUT2D eigenvalue weighted by Crippen LogP contribution is 2.20. The largest absolute Gasteiger partial charge is 0.352 e. The van der Waals surface area contributed by atoms with E-state index in [1.807, 2.05) is 6.92 Å². The molecule has 0 aromatic heterocycles. The molecule has 2 aromatic rings. The van der Waals surface area contributed by atoms with E-state index in [4.69, 9.17) is 0 Å². The highest BCUT2D eigenvalue weighted by atomic mass is 32.2. The topological polar surface area (TPSA) is 49.4 Å². The fourth-order valence-electron chi connectivity index (χ4n) is 3.98. The maximum atomic E-state index is 14.3. The van der Waals surface area contributed by atoms with Gasteiger partial charge in [-0.25, -0.2) is 4.39 Å². The van der Waals surface area contributed by atoms with Crippen LogP contribution in [0.15, 0.2) is 48.5 Å². The van der Waals surface area contributed by atoms with Gasteiger partial charge in [-0.1, -0.05) is 67.3 Å². The van der Waals surface area contributed by atoms with Crippen LogP contribution in [0.4, 0.5) is 4.39 Å². The van der Waals surface area contributed by atoms with Crippen LogP contribution >= 0.6 is 11.8 Å². The third kappa shape index (κ3) is 7.09. The van der Waals surface area contributed by atoms with Crippen LogP contribution < -0.4 is 5.32 Å². The molecule has 6 heteroatoms. The van der Waals surface area contributed by atoms with E-state index < -0.39 is 6.04 Å². The van der Waals surface area contributed by atoms with Gasteiger partial charge in [0.15, 0.2) is 0 Å². The van der Waals surface area contributed by atoms with Gasteiger partial charge in [0.25, 0.3) is 0 Å². The lowest BCUT2D eigenvalue weighted by molar-refractivity contribution is -0.139. The monoisotopic (exact) mass is 456 g/mol. The molecule has 0 heterocycles. The maximum absolute atomic E-state index is 14.3. The fourth-order valence-corrected chi connectivity index (χ4v) is 4.86. The molecule has 1 aliphatic carbocycles. The second-order valence-electron chi connectivity index (χ2n) is 8.61. The van der Waals surface area contributed by atoms with E-state index in [-0.39, 0.29) is 36.0 Å². The molecule has 0 unspecified atom stereocenters. The zero-order valence-electron chi connectivity index (χ0n) is 19.0. The molecule has 172 valence electrons. The summed E-state index contributed by atoms with van der Waals surface area (Å²) in [6, 6.07) is 14.2. The first kappa shape index (κ1) is 24.3. The van der Waals surface area contributed by atoms with Crippen LogP contribution in [0, 0.1) is 12.7 Å². The zero-order chi connectivity index (χ0) is 22.9. The molecule has 3 rings (SSSR count). The van der Waals surface area contributed by atoms with E-state index in [0.717, 1.165) is 31.2 Å². The van der Waals surface area contributed by atoms with Gasteiger partial charge in [-0.2, -0.15) is 0 Å². The number of hydrogen-bond donors (Lipinski definition) is 1. The summed E-state index contributed by atoms with van der Waals surface area (Å²) >= 11 is 1.51. The van der Waals surface area contributed by atoms with Crippen LogP contribution in [0.3, 0.4) is 0 Å². The van der Waals surface area contributed by atoms with Crippen molar-refractivity contribution < 1.29 is 14.0 Å². The Hall–Kier alpha value is -2.34. The minimum absolute atomic E-state index is 0.0792. The third-order valence-electron chi connectivity index (χ3n) is 6.03. The van der Waals surface area contributed by atoms with Crippen molar-refractivity contribution in [1.29, 1.82) is 0 Å². The summed E-state index contributed by atoms with van der Waals surface area (Å²) in [5, 5.41) is 3.11. The average molecular weight is 457 g/mol. The molecule has 0 aliphatic heterocycles. The fraction of sp³-hybridized carbons (Fsp3) is 0.462. The first-order valence-electron chi connectivity index (χ1n) is 11.4. The van der Waals surface area contributed by atoms with E-state index in [0.29, 0.717) is 11.3 Å². The van der Waals surface area contributed by atoms with Gasteiger partial charge in [0.05, 0.1) is 5.75 Å². The van der Waals surface area contributed by atoms with Crippen LogP contribution in [0.1, 0.15) is 55.7 Å². The molecule has 1 atom stereocenters. The average Bonchev–Trinajstić information content (AvgIpc) is 2.80. The number of rotatable bonds is 9. The lowest BCUT2D eigenvalue weighted by Crippen LogP contribution is -2.51. The molecule has 0 saturated heterocycles. The lowest BCUT2D eigenvalue weighted by Gasteiger charge is -2.31. The summed E-state index contributed by atoms with van der Waals surface area (Å²) in [7, 11) is 0. The predicted octanol–water partition coefficient (Wildman–Crippen LogP) is 5.23. The SMILES string of the molecule is Cc1ccc(CSCC(=O)N(Cc2ccccc2F)[C@@H](C)C(=O)NC2CCCCC2)cc1. The molecule has 2 amide bonds. The van der Waals surface area contributed by atoms with Crippen molar-refractivity contribution in [2.45, 2.75) is 70.3 Å². The second-order valence-corrected chi connectivity index (χ2v) is 9.60. The van der Waals surface area contributed by atoms with Crippen LogP contribution in [0.25, 0.3) is 0 Å². The molecule has 1 N–H and O–H groups in total. The van der Waals surface area contributed by atoms with Gasteiger partial charge in [-0.15, -0.1) is 11.8 Å². The molecule has 0 spiro atoms. The van der Waals surface area contributed by atoms with E-state index >= 15 is 0 Å². The number of aryl methyl sites for hydroxylation is 1. The summed E-state index contributed by atoms with van der Waals surface area (Å²) in [4.78, 5) is 27.6. The molecule has 0 radical (unpaired) electrons. The summed E-state index contributed by atoms with van der Waals surface area (Å²) in [5.41, 5.74) is 2.77. The number of halogens is 1. The number of carbonyl (C=O) groups excluding carboxylic acids is 2. The first-order valence-corrected chi connectivity index (χ1v) is 12.6. The Morgan fingerprint density at radius 2 is 1.78 bits per heavy atom. The van der Waals surface area contributed by atoms with Gasteiger partial charge < -0.3 is 10.2 Å². The van der Waals surface area contributed by atoms with E-state index in [1.54, 1.807) is 25.1 Å². The summed E-state index contributed by atoms with van der Waals surface area (Å²) in [6.07, 6.45) is 5.40. The number of nitrogens with one attached hydrogen (secondary N) is 1. The molecule has 1 fully saturated rings. The lowest BCUT2D eigenvalue weighted by atomic mass is 9.95. The normalized spacial score (nSPS) is 15.2. The van der Waals surface area contributed by atoms with E-state index in [2.05, 4.69) is 29.6 Å². The molecule has 4 nitrogen and oxygen atoms in total. The van der Waals surface area contributed by atoms with Gasteiger partial charge in [0.1, 0.15) is 11.9 Å².